The zero-order valence-electron chi connectivity index (χ0n) is 15.3. The first-order chi connectivity index (χ1) is 12.6. The topological polar surface area (TPSA) is 56.8 Å². The zero-order chi connectivity index (χ0) is 18.9. The van der Waals surface area contributed by atoms with Crippen LogP contribution < -0.4 is 19.5 Å². The minimum Gasteiger partial charge on any atom is -0.496 e. The molecule has 2 rings (SSSR count). The van der Waals surface area contributed by atoms with E-state index in [1.54, 1.807) is 19.2 Å². The Morgan fingerprint density at radius 2 is 1.88 bits per heavy atom. The van der Waals surface area contributed by atoms with Crippen LogP contribution in [0.1, 0.15) is 36.2 Å². The summed E-state index contributed by atoms with van der Waals surface area (Å²) in [4.78, 5) is 12.5. The number of hydrogen-bond acceptors (Lipinski definition) is 4. The molecule has 0 aromatic heterocycles. The maximum Gasteiger partial charge on any atom is 0.251 e. The molecule has 140 valence electrons. The first-order valence-corrected chi connectivity index (χ1v) is 8.97. The minimum absolute atomic E-state index is 0.249. The third-order valence-corrected chi connectivity index (χ3v) is 3.93. The normalized spacial score (nSPS) is 10.3. The third kappa shape index (κ3) is 5.05. The second kappa shape index (κ2) is 9.92. The summed E-state index contributed by atoms with van der Waals surface area (Å²) in [5.41, 5.74) is 1.31. The van der Waals surface area contributed by atoms with Gasteiger partial charge < -0.3 is 19.5 Å². The van der Waals surface area contributed by atoms with Gasteiger partial charge in [-0.2, -0.15) is 0 Å². The van der Waals surface area contributed by atoms with Crippen molar-refractivity contribution in [3.8, 4) is 17.2 Å². The molecule has 0 spiro atoms. The van der Waals surface area contributed by atoms with E-state index in [0.717, 1.165) is 17.7 Å². The number of para-hydroxylation sites is 1. The van der Waals surface area contributed by atoms with Gasteiger partial charge in [-0.15, -0.1) is 0 Å². The van der Waals surface area contributed by atoms with Crippen LogP contribution >= 0.6 is 11.6 Å². The Morgan fingerprint density at radius 1 is 1.12 bits per heavy atom. The van der Waals surface area contributed by atoms with Crippen LogP contribution in [0.3, 0.4) is 0 Å². The average Bonchev–Trinajstić information content (AvgIpc) is 2.65. The predicted molar refractivity (Wildman–Crippen MR) is 103 cm³/mol. The average molecular weight is 378 g/mol. The molecule has 5 nitrogen and oxygen atoms in total. The van der Waals surface area contributed by atoms with Crippen molar-refractivity contribution in [3.05, 3.63) is 52.5 Å². The van der Waals surface area contributed by atoms with Gasteiger partial charge in [-0.3, -0.25) is 4.79 Å². The van der Waals surface area contributed by atoms with E-state index in [9.17, 15) is 4.79 Å². The highest BCUT2D eigenvalue weighted by atomic mass is 35.5. The summed E-state index contributed by atoms with van der Waals surface area (Å²) >= 11 is 6.31. The highest BCUT2D eigenvalue weighted by molar-refractivity contribution is 6.32. The van der Waals surface area contributed by atoms with Crippen LogP contribution in [0.5, 0.6) is 17.2 Å². The lowest BCUT2D eigenvalue weighted by atomic mass is 10.1. The number of benzene rings is 2. The van der Waals surface area contributed by atoms with Gasteiger partial charge in [-0.05, 0) is 31.5 Å². The molecule has 0 aliphatic heterocycles. The summed E-state index contributed by atoms with van der Waals surface area (Å²) in [6, 6.07) is 10.8. The fourth-order valence-corrected chi connectivity index (χ4v) is 2.70. The van der Waals surface area contributed by atoms with E-state index in [1.807, 2.05) is 38.1 Å². The summed E-state index contributed by atoms with van der Waals surface area (Å²) in [5, 5.41) is 3.23. The van der Waals surface area contributed by atoms with Gasteiger partial charge in [0.05, 0.1) is 25.3 Å². The molecule has 0 saturated carbocycles. The van der Waals surface area contributed by atoms with Crippen LogP contribution in [0.25, 0.3) is 0 Å². The molecule has 0 unspecified atom stereocenters. The summed E-state index contributed by atoms with van der Waals surface area (Å²) in [7, 11) is 1.60. The van der Waals surface area contributed by atoms with Crippen molar-refractivity contribution < 1.29 is 19.0 Å². The molecule has 6 heteroatoms. The largest absolute Gasteiger partial charge is 0.496 e. The molecule has 0 bridgehead atoms. The Hall–Kier alpha value is -2.40. The molecule has 26 heavy (non-hydrogen) atoms. The van der Waals surface area contributed by atoms with E-state index in [1.165, 1.54) is 0 Å². The highest BCUT2D eigenvalue weighted by Crippen LogP contribution is 2.36. The lowest BCUT2D eigenvalue weighted by Crippen LogP contribution is -2.23. The molecule has 0 radical (unpaired) electrons. The number of amides is 1. The number of rotatable bonds is 9. The summed E-state index contributed by atoms with van der Waals surface area (Å²) in [6.07, 6.45) is 0.850. The first-order valence-electron chi connectivity index (χ1n) is 8.59. The third-order valence-electron chi connectivity index (χ3n) is 3.65. The molecule has 2 aromatic carbocycles. The van der Waals surface area contributed by atoms with Crippen LogP contribution in [0.15, 0.2) is 36.4 Å². The number of methoxy groups -OCH3 is 1. The van der Waals surface area contributed by atoms with Crippen molar-refractivity contribution in [1.29, 1.82) is 0 Å². The lowest BCUT2D eigenvalue weighted by molar-refractivity contribution is 0.0950. The Bertz CT molecular complexity index is 749. The van der Waals surface area contributed by atoms with E-state index in [-0.39, 0.29) is 5.91 Å². The van der Waals surface area contributed by atoms with Gasteiger partial charge in [0, 0.05) is 17.7 Å². The van der Waals surface area contributed by atoms with Crippen molar-refractivity contribution in [2.45, 2.75) is 26.8 Å². The quantitative estimate of drug-likeness (QED) is 0.700. The van der Waals surface area contributed by atoms with E-state index < -0.39 is 0 Å². The zero-order valence-corrected chi connectivity index (χ0v) is 16.1. The molecular formula is C20H24ClNO4. The predicted octanol–water partition coefficient (Wildman–Crippen LogP) is 4.47. The van der Waals surface area contributed by atoms with Crippen molar-refractivity contribution in [1.82, 2.24) is 5.32 Å². The van der Waals surface area contributed by atoms with E-state index in [4.69, 9.17) is 25.8 Å². The van der Waals surface area contributed by atoms with Gasteiger partial charge in [0.25, 0.3) is 5.91 Å². The number of carbonyl (C=O) groups is 1. The standard InChI is InChI=1S/C20H24ClNO4/c1-4-10-26-19-16(21)11-15(12-18(19)25-5-2)20(23)22-13-14-8-6-7-9-17(14)24-3/h6-9,11-12H,4-5,10,13H2,1-3H3,(H,22,23). The fourth-order valence-electron chi connectivity index (χ4n) is 2.43. The van der Waals surface area contributed by atoms with Crippen molar-refractivity contribution in [2.75, 3.05) is 20.3 Å². The molecule has 1 amide bonds. The Labute approximate surface area is 159 Å². The molecule has 2 aromatic rings. The van der Waals surface area contributed by atoms with Gasteiger partial charge in [0.2, 0.25) is 0 Å². The molecule has 0 saturated heterocycles. The number of ether oxygens (including phenoxy) is 3. The molecule has 0 fully saturated rings. The maximum atomic E-state index is 12.5. The SMILES string of the molecule is CCCOc1c(Cl)cc(C(=O)NCc2ccccc2OC)cc1OCC. The Kier molecular flexibility index (Phi) is 7.60. The molecule has 0 heterocycles. The first kappa shape index (κ1) is 19.9. The van der Waals surface area contributed by atoms with Crippen LogP contribution in [0.2, 0.25) is 5.02 Å². The lowest BCUT2D eigenvalue weighted by Gasteiger charge is -2.15. The van der Waals surface area contributed by atoms with E-state index >= 15 is 0 Å². The smallest absolute Gasteiger partial charge is 0.251 e. The number of nitrogens with one attached hydrogen (secondary N) is 1. The Balaban J connectivity index is 2.17. The monoisotopic (exact) mass is 377 g/mol. The van der Waals surface area contributed by atoms with E-state index in [2.05, 4.69) is 5.32 Å². The summed E-state index contributed by atoms with van der Waals surface area (Å²) in [6.45, 7) is 5.20. The number of carbonyl (C=O) groups excluding carboxylic acids is 1. The van der Waals surface area contributed by atoms with Crippen LogP contribution in [0, 0.1) is 0 Å². The molecule has 0 atom stereocenters. The van der Waals surface area contributed by atoms with Crippen molar-refractivity contribution >= 4 is 17.5 Å². The number of hydrogen-bond donors (Lipinski definition) is 1. The van der Waals surface area contributed by atoms with Gasteiger partial charge in [-0.1, -0.05) is 36.7 Å². The fraction of sp³-hybridized carbons (Fsp3) is 0.350. The number of halogens is 1. The van der Waals surface area contributed by atoms with Crippen molar-refractivity contribution in [3.63, 3.8) is 0 Å². The van der Waals surface area contributed by atoms with Gasteiger partial charge >= 0.3 is 0 Å². The molecule has 0 aliphatic carbocycles. The van der Waals surface area contributed by atoms with Crippen LogP contribution in [-0.4, -0.2) is 26.2 Å². The van der Waals surface area contributed by atoms with Crippen molar-refractivity contribution in [2.24, 2.45) is 0 Å². The van der Waals surface area contributed by atoms with Gasteiger partial charge in [0.15, 0.2) is 11.5 Å². The van der Waals surface area contributed by atoms with Crippen LogP contribution in [0.4, 0.5) is 0 Å². The summed E-state index contributed by atoms with van der Waals surface area (Å²) in [5.74, 6) is 1.41. The van der Waals surface area contributed by atoms with Crippen LogP contribution in [-0.2, 0) is 6.54 Å². The van der Waals surface area contributed by atoms with E-state index in [0.29, 0.717) is 41.8 Å². The molecule has 0 aliphatic rings. The second-order valence-corrected chi connectivity index (χ2v) is 5.97. The highest BCUT2D eigenvalue weighted by Gasteiger charge is 2.16. The second-order valence-electron chi connectivity index (χ2n) is 5.56. The molecule has 1 N–H and O–H groups in total. The maximum absolute atomic E-state index is 12.5. The van der Waals surface area contributed by atoms with Gasteiger partial charge in [0.1, 0.15) is 5.75 Å². The Morgan fingerprint density at radius 3 is 2.58 bits per heavy atom. The molecular weight excluding hydrogens is 354 g/mol. The summed E-state index contributed by atoms with van der Waals surface area (Å²) < 4.78 is 16.6. The minimum atomic E-state index is -0.249. The van der Waals surface area contributed by atoms with Gasteiger partial charge in [-0.25, -0.2) is 0 Å².